The first-order chi connectivity index (χ1) is 16.0. The molecular formula is C27H39N3O3Si. The van der Waals surface area contributed by atoms with Crippen molar-refractivity contribution < 1.29 is 14.0 Å². The van der Waals surface area contributed by atoms with E-state index in [0.717, 1.165) is 18.1 Å². The molecule has 6 nitrogen and oxygen atoms in total. The second-order valence-corrected chi connectivity index (χ2v) is 15.7. The molecule has 2 aromatic carbocycles. The first kappa shape index (κ1) is 26.3. The summed E-state index contributed by atoms with van der Waals surface area (Å²) in [5.74, 6) is 4.92. The zero-order chi connectivity index (χ0) is 24.9. The quantitative estimate of drug-likeness (QED) is 0.243. The van der Waals surface area contributed by atoms with E-state index in [0.29, 0.717) is 12.8 Å². The molecule has 1 aliphatic carbocycles. The zero-order valence-electron chi connectivity index (χ0n) is 21.2. The minimum Gasteiger partial charge on any atom is -0.407 e. The van der Waals surface area contributed by atoms with E-state index in [4.69, 9.17) is 10.3 Å². The summed E-state index contributed by atoms with van der Waals surface area (Å²) in [6, 6.07) is 21.0. The van der Waals surface area contributed by atoms with Crippen molar-refractivity contribution in [2.24, 2.45) is 11.8 Å². The summed E-state index contributed by atoms with van der Waals surface area (Å²) >= 11 is 0. The van der Waals surface area contributed by atoms with Crippen LogP contribution in [0.4, 0.5) is 0 Å². The number of imide groups is 1. The summed E-state index contributed by atoms with van der Waals surface area (Å²) in [6.07, 6.45) is 1.39. The fourth-order valence-electron chi connectivity index (χ4n) is 3.89. The summed E-state index contributed by atoms with van der Waals surface area (Å²) in [5.41, 5.74) is 2.48. The van der Waals surface area contributed by atoms with Crippen LogP contribution in [-0.2, 0) is 27.1 Å². The molecule has 2 N–H and O–H groups in total. The zero-order valence-corrected chi connectivity index (χ0v) is 22.2. The van der Waals surface area contributed by atoms with Crippen LogP contribution in [0, 0.1) is 5.92 Å². The van der Waals surface area contributed by atoms with E-state index in [1.54, 1.807) is 0 Å². The van der Waals surface area contributed by atoms with Crippen LogP contribution in [0.3, 0.4) is 0 Å². The van der Waals surface area contributed by atoms with E-state index in [1.165, 1.54) is 11.1 Å². The van der Waals surface area contributed by atoms with Gasteiger partial charge in [-0.15, -0.1) is 0 Å². The van der Waals surface area contributed by atoms with Gasteiger partial charge in [0.05, 0.1) is 0 Å². The molecule has 0 spiro atoms. The lowest BCUT2D eigenvalue weighted by Crippen LogP contribution is -2.54. The maximum Gasteiger partial charge on any atom is 0.268 e. The lowest BCUT2D eigenvalue weighted by molar-refractivity contribution is -0.152. The largest absolute Gasteiger partial charge is 0.407 e. The Hall–Kier alpha value is -2.32. The molecule has 0 aliphatic heterocycles. The number of benzene rings is 2. The van der Waals surface area contributed by atoms with Gasteiger partial charge in [0.2, 0.25) is 5.91 Å². The molecule has 184 valence electrons. The number of hydrogen-bond acceptors (Lipinski definition) is 5. The van der Waals surface area contributed by atoms with Crippen molar-refractivity contribution in [1.29, 1.82) is 0 Å². The van der Waals surface area contributed by atoms with Gasteiger partial charge in [0.25, 0.3) is 5.91 Å². The molecule has 0 unspecified atom stereocenters. The Morgan fingerprint density at radius 3 is 1.85 bits per heavy atom. The first-order valence-electron chi connectivity index (χ1n) is 12.1. The Bertz CT molecular complexity index is 913. The third-order valence-corrected chi connectivity index (χ3v) is 11.8. The molecule has 2 aromatic rings. The molecule has 0 aromatic heterocycles. The van der Waals surface area contributed by atoms with Crippen molar-refractivity contribution in [3.8, 4) is 0 Å². The topological polar surface area (TPSA) is 75.9 Å². The van der Waals surface area contributed by atoms with Gasteiger partial charge < -0.3 is 4.43 Å². The van der Waals surface area contributed by atoms with Crippen LogP contribution in [0.5, 0.6) is 0 Å². The average molecular weight is 482 g/mol. The van der Waals surface area contributed by atoms with Crippen LogP contribution in [0.15, 0.2) is 60.7 Å². The monoisotopic (exact) mass is 481 g/mol. The molecule has 1 saturated carbocycles. The molecule has 7 heteroatoms. The predicted octanol–water partition coefficient (Wildman–Crippen LogP) is 4.72. The third-order valence-electron chi connectivity index (χ3n) is 7.30. The van der Waals surface area contributed by atoms with Crippen LogP contribution < -0.4 is 5.84 Å². The van der Waals surface area contributed by atoms with Crippen molar-refractivity contribution >= 4 is 20.1 Å². The van der Waals surface area contributed by atoms with E-state index in [9.17, 15) is 9.59 Å². The second kappa shape index (κ2) is 10.9. The number of carbonyl (C=O) groups is 2. The Balaban J connectivity index is 1.57. The van der Waals surface area contributed by atoms with Gasteiger partial charge in [-0.05, 0) is 42.1 Å². The predicted molar refractivity (Wildman–Crippen MR) is 138 cm³/mol. The number of nitrogens with zero attached hydrogens (tertiary/aromatic N) is 2. The second-order valence-electron chi connectivity index (χ2n) is 10.8. The first-order valence-corrected chi connectivity index (χ1v) is 15.0. The van der Waals surface area contributed by atoms with Gasteiger partial charge in [0.1, 0.15) is 6.61 Å². The molecular weight excluding hydrogens is 442 g/mol. The standard InChI is InChI=1S/C27H39N3O3Si/c1-27(2,3)34(4,5)33-20-25(31)30(28)26(32)23-16-24(17-23)29(18-21-12-8-6-9-13-21)19-22-14-10-7-11-15-22/h6-15,23-24H,16-20,28H2,1-5H3. The van der Waals surface area contributed by atoms with Gasteiger partial charge in [0.15, 0.2) is 8.32 Å². The highest BCUT2D eigenvalue weighted by Gasteiger charge is 2.42. The molecule has 1 fully saturated rings. The lowest BCUT2D eigenvalue weighted by atomic mass is 9.78. The Morgan fingerprint density at radius 1 is 0.941 bits per heavy atom. The highest BCUT2D eigenvalue weighted by atomic mass is 28.4. The van der Waals surface area contributed by atoms with Gasteiger partial charge in [0, 0.05) is 25.0 Å². The molecule has 1 aliphatic rings. The van der Waals surface area contributed by atoms with Crippen molar-refractivity contribution in [1.82, 2.24) is 9.91 Å². The Labute approximate surface area is 205 Å². The summed E-state index contributed by atoms with van der Waals surface area (Å²) in [6.45, 7) is 12.0. The van der Waals surface area contributed by atoms with E-state index in [-0.39, 0.29) is 29.5 Å². The van der Waals surface area contributed by atoms with Crippen molar-refractivity contribution in [2.45, 2.75) is 70.9 Å². The highest BCUT2D eigenvalue weighted by Crippen LogP contribution is 2.37. The maximum absolute atomic E-state index is 12.9. The summed E-state index contributed by atoms with van der Waals surface area (Å²) < 4.78 is 5.96. The number of carbonyl (C=O) groups excluding carboxylic acids is 2. The molecule has 3 rings (SSSR count). The summed E-state index contributed by atoms with van der Waals surface area (Å²) in [5, 5.41) is 0.769. The molecule has 2 amide bonds. The van der Waals surface area contributed by atoms with Gasteiger partial charge in [-0.1, -0.05) is 81.4 Å². The van der Waals surface area contributed by atoms with Crippen LogP contribution in [0.2, 0.25) is 18.1 Å². The Kier molecular flexibility index (Phi) is 8.46. The number of hydrazine groups is 1. The fraction of sp³-hybridized carbons (Fsp3) is 0.481. The fourth-order valence-corrected chi connectivity index (χ4v) is 4.80. The van der Waals surface area contributed by atoms with Crippen molar-refractivity contribution in [3.05, 3.63) is 71.8 Å². The van der Waals surface area contributed by atoms with Crippen LogP contribution in [-0.4, -0.2) is 42.7 Å². The smallest absolute Gasteiger partial charge is 0.268 e. The molecule has 0 heterocycles. The normalized spacial score (nSPS) is 18.4. The van der Waals surface area contributed by atoms with E-state index in [2.05, 4.69) is 63.0 Å². The highest BCUT2D eigenvalue weighted by molar-refractivity contribution is 6.74. The van der Waals surface area contributed by atoms with Crippen molar-refractivity contribution in [3.63, 3.8) is 0 Å². The van der Waals surface area contributed by atoms with Crippen LogP contribution in [0.25, 0.3) is 0 Å². The average Bonchev–Trinajstić information content (AvgIpc) is 2.76. The van der Waals surface area contributed by atoms with Crippen molar-refractivity contribution in [2.75, 3.05) is 6.61 Å². The van der Waals surface area contributed by atoms with Crippen LogP contribution >= 0.6 is 0 Å². The lowest BCUT2D eigenvalue weighted by Gasteiger charge is -2.43. The molecule has 0 bridgehead atoms. The number of hydrogen-bond donors (Lipinski definition) is 1. The number of rotatable bonds is 9. The minimum atomic E-state index is -2.09. The summed E-state index contributed by atoms with van der Waals surface area (Å²) in [7, 11) is -2.09. The molecule has 0 atom stereocenters. The molecule has 0 radical (unpaired) electrons. The van der Waals surface area contributed by atoms with E-state index in [1.807, 2.05) is 36.4 Å². The minimum absolute atomic E-state index is 0.0150. The van der Waals surface area contributed by atoms with E-state index < -0.39 is 14.2 Å². The summed E-state index contributed by atoms with van der Waals surface area (Å²) in [4.78, 5) is 27.9. The molecule has 0 saturated heterocycles. The van der Waals surface area contributed by atoms with Gasteiger partial charge in [-0.25, -0.2) is 10.9 Å². The number of nitrogens with two attached hydrogens (primary N) is 1. The molecule has 34 heavy (non-hydrogen) atoms. The third kappa shape index (κ3) is 6.63. The maximum atomic E-state index is 12.9. The van der Waals surface area contributed by atoms with Gasteiger partial charge >= 0.3 is 0 Å². The van der Waals surface area contributed by atoms with Crippen LogP contribution in [0.1, 0.15) is 44.7 Å². The Morgan fingerprint density at radius 2 is 1.41 bits per heavy atom. The SMILES string of the molecule is CC(C)(C)[Si](C)(C)OCC(=O)N(N)C(=O)C1CC(N(Cc2ccccc2)Cc2ccccc2)C1. The van der Waals surface area contributed by atoms with E-state index >= 15 is 0 Å². The number of amides is 2. The van der Waals surface area contributed by atoms with Gasteiger partial charge in [-0.3, -0.25) is 14.5 Å². The van der Waals surface area contributed by atoms with Gasteiger partial charge in [-0.2, -0.15) is 0 Å².